The molecule has 3 heterocycles. The maximum absolute atomic E-state index is 11.0. The van der Waals surface area contributed by atoms with Crippen molar-refractivity contribution >= 4 is 23.3 Å². The van der Waals surface area contributed by atoms with Crippen LogP contribution in [0.3, 0.4) is 0 Å². The zero-order chi connectivity index (χ0) is 21.6. The fraction of sp³-hybridized carbons (Fsp3) is 0.381. The second-order valence-electron chi connectivity index (χ2n) is 7.13. The van der Waals surface area contributed by atoms with Gasteiger partial charge in [-0.3, -0.25) is 10.1 Å². The number of nitro groups is 1. The molecule has 0 fully saturated rings. The molecule has 0 spiro atoms. The van der Waals surface area contributed by atoms with Gasteiger partial charge in [-0.05, 0) is 18.6 Å². The second kappa shape index (κ2) is 9.78. The lowest BCUT2D eigenvalue weighted by atomic mass is 10.1. The van der Waals surface area contributed by atoms with E-state index in [9.17, 15) is 10.1 Å². The number of unbranched alkanes of at least 4 members (excludes halogenated alkanes) is 4. The molecule has 0 amide bonds. The lowest BCUT2D eigenvalue weighted by Crippen LogP contribution is -2.16. The molecule has 162 valence electrons. The Morgan fingerprint density at radius 1 is 1.13 bits per heavy atom. The number of thioether (sulfide) groups is 1. The molecule has 1 aliphatic rings. The van der Waals surface area contributed by atoms with Crippen molar-refractivity contribution in [3.63, 3.8) is 0 Å². The zero-order valence-corrected chi connectivity index (χ0v) is 17.9. The van der Waals surface area contributed by atoms with E-state index < -0.39 is 11.2 Å². The van der Waals surface area contributed by atoms with E-state index in [2.05, 4.69) is 27.4 Å². The Hall–Kier alpha value is -3.14. The Morgan fingerprint density at radius 2 is 1.97 bits per heavy atom. The smallest absolute Gasteiger partial charge is 0.433 e. The molecule has 9 nitrogen and oxygen atoms in total. The summed E-state index contributed by atoms with van der Waals surface area (Å²) in [5, 5.41) is 23.4. The first-order chi connectivity index (χ1) is 15.2. The van der Waals surface area contributed by atoms with Crippen molar-refractivity contribution in [2.75, 3.05) is 11.1 Å². The average molecular weight is 442 g/mol. The van der Waals surface area contributed by atoms with Gasteiger partial charge < -0.3 is 14.5 Å². The van der Waals surface area contributed by atoms with Crippen LogP contribution in [-0.4, -0.2) is 25.9 Å². The number of nitrogens with zero attached hydrogens (tertiary/aromatic N) is 4. The van der Waals surface area contributed by atoms with Gasteiger partial charge >= 0.3 is 5.88 Å². The van der Waals surface area contributed by atoms with Crippen molar-refractivity contribution in [1.82, 2.24) is 15.2 Å². The highest BCUT2D eigenvalue weighted by Crippen LogP contribution is 2.40. The number of para-hydroxylation sites is 1. The van der Waals surface area contributed by atoms with Crippen LogP contribution in [0, 0.1) is 10.1 Å². The fourth-order valence-electron chi connectivity index (χ4n) is 3.29. The van der Waals surface area contributed by atoms with Crippen LogP contribution in [0.25, 0.3) is 11.3 Å². The van der Waals surface area contributed by atoms with Crippen molar-refractivity contribution < 1.29 is 14.1 Å². The molecule has 1 aliphatic heterocycles. The molecule has 31 heavy (non-hydrogen) atoms. The highest BCUT2D eigenvalue weighted by atomic mass is 32.2. The van der Waals surface area contributed by atoms with Gasteiger partial charge in [-0.15, -0.1) is 10.2 Å². The van der Waals surface area contributed by atoms with Crippen LogP contribution in [0.5, 0.6) is 5.88 Å². The SMILES string of the molecule is CCCCCCCSc1nnc2c(n1)O[C@H](c1ccc([N+](=O)[O-])o1)Nc1ccccc1-2. The summed E-state index contributed by atoms with van der Waals surface area (Å²) in [4.78, 5) is 15.0. The average Bonchev–Trinajstić information content (AvgIpc) is 3.21. The van der Waals surface area contributed by atoms with Gasteiger partial charge in [-0.1, -0.05) is 62.6 Å². The number of furan rings is 1. The molecular weight excluding hydrogens is 418 g/mol. The van der Waals surface area contributed by atoms with E-state index in [1.165, 1.54) is 37.8 Å². The van der Waals surface area contributed by atoms with Crippen LogP contribution in [0.1, 0.15) is 51.0 Å². The second-order valence-corrected chi connectivity index (χ2v) is 8.19. The summed E-state index contributed by atoms with van der Waals surface area (Å²) in [7, 11) is 0. The lowest BCUT2D eigenvalue weighted by Gasteiger charge is -2.16. The third-order valence-corrected chi connectivity index (χ3v) is 5.79. The van der Waals surface area contributed by atoms with Gasteiger partial charge in [0.15, 0.2) is 11.5 Å². The lowest BCUT2D eigenvalue weighted by molar-refractivity contribution is -0.402. The first-order valence-electron chi connectivity index (χ1n) is 10.3. The maximum Gasteiger partial charge on any atom is 0.433 e. The van der Waals surface area contributed by atoms with Gasteiger partial charge in [0.2, 0.25) is 17.3 Å². The molecule has 0 bridgehead atoms. The monoisotopic (exact) mass is 441 g/mol. The molecule has 0 saturated heterocycles. The van der Waals surface area contributed by atoms with Crippen molar-refractivity contribution in [3.05, 3.63) is 52.3 Å². The summed E-state index contributed by atoms with van der Waals surface area (Å²) >= 11 is 1.55. The van der Waals surface area contributed by atoms with Crippen LogP contribution in [0.4, 0.5) is 11.6 Å². The van der Waals surface area contributed by atoms with E-state index in [0.717, 1.165) is 23.4 Å². The first-order valence-corrected chi connectivity index (χ1v) is 11.3. The van der Waals surface area contributed by atoms with E-state index in [-0.39, 0.29) is 11.6 Å². The molecule has 10 heteroatoms. The number of anilines is 1. The quantitative estimate of drug-likeness (QED) is 0.196. The van der Waals surface area contributed by atoms with Crippen molar-refractivity contribution in [2.45, 2.75) is 50.4 Å². The fourth-order valence-corrected chi connectivity index (χ4v) is 4.06. The molecule has 2 aromatic heterocycles. The van der Waals surface area contributed by atoms with Gasteiger partial charge in [0.1, 0.15) is 4.92 Å². The molecular formula is C21H23N5O4S. The molecule has 1 aromatic carbocycles. The Balaban J connectivity index is 1.57. The minimum Gasteiger partial charge on any atom is -0.444 e. The topological polar surface area (TPSA) is 116 Å². The standard InChI is InChI=1S/C21H23N5O4S/c1-2-3-4-5-8-13-31-21-23-20-18(24-25-21)14-9-6-7-10-15(14)22-19(30-20)16-11-12-17(29-16)26(27)28/h6-7,9-12,19,22H,2-5,8,13H2,1H3/t19-/m1/s1. The van der Waals surface area contributed by atoms with Crippen molar-refractivity contribution in [2.24, 2.45) is 0 Å². The summed E-state index contributed by atoms with van der Waals surface area (Å²) in [5.74, 6) is 1.15. The third-order valence-electron chi connectivity index (χ3n) is 4.86. The Labute approximate surface area is 183 Å². The summed E-state index contributed by atoms with van der Waals surface area (Å²) in [6, 6.07) is 10.4. The Morgan fingerprint density at radius 3 is 2.77 bits per heavy atom. The Bertz CT molecular complexity index is 1060. The number of nitrogens with one attached hydrogen (secondary N) is 1. The predicted molar refractivity (Wildman–Crippen MR) is 117 cm³/mol. The molecule has 1 N–H and O–H groups in total. The number of benzene rings is 1. The van der Waals surface area contributed by atoms with Crippen LogP contribution in [0.15, 0.2) is 46.0 Å². The normalized spacial score (nSPS) is 14.7. The van der Waals surface area contributed by atoms with Crippen molar-refractivity contribution in [1.29, 1.82) is 0 Å². The summed E-state index contributed by atoms with van der Waals surface area (Å²) < 4.78 is 11.4. The van der Waals surface area contributed by atoms with Gasteiger partial charge in [0.05, 0.1) is 6.07 Å². The van der Waals surface area contributed by atoms with E-state index in [1.54, 1.807) is 11.8 Å². The third kappa shape index (κ3) is 4.96. The zero-order valence-electron chi connectivity index (χ0n) is 17.1. The van der Waals surface area contributed by atoms with E-state index in [1.807, 2.05) is 24.3 Å². The van der Waals surface area contributed by atoms with E-state index >= 15 is 0 Å². The highest BCUT2D eigenvalue weighted by molar-refractivity contribution is 7.99. The number of aromatic nitrogens is 3. The number of hydrogen-bond donors (Lipinski definition) is 1. The highest BCUT2D eigenvalue weighted by Gasteiger charge is 2.29. The number of rotatable bonds is 9. The molecule has 4 rings (SSSR count). The largest absolute Gasteiger partial charge is 0.444 e. The van der Waals surface area contributed by atoms with Crippen molar-refractivity contribution in [3.8, 4) is 17.1 Å². The number of ether oxygens (including phenoxy) is 1. The number of hydrogen-bond acceptors (Lipinski definition) is 9. The minimum absolute atomic E-state index is 0.276. The molecule has 3 aromatic rings. The Kier molecular flexibility index (Phi) is 6.66. The van der Waals surface area contributed by atoms with Crippen LogP contribution >= 0.6 is 11.8 Å². The van der Waals surface area contributed by atoms with Crippen LogP contribution in [-0.2, 0) is 0 Å². The number of fused-ring (bicyclic) bond motifs is 3. The molecule has 0 unspecified atom stereocenters. The van der Waals surface area contributed by atoms with Crippen LogP contribution < -0.4 is 10.1 Å². The first kappa shape index (κ1) is 21.1. The van der Waals surface area contributed by atoms with Gasteiger partial charge in [0, 0.05) is 17.0 Å². The molecule has 0 radical (unpaired) electrons. The summed E-state index contributed by atoms with van der Waals surface area (Å²) in [6.07, 6.45) is 5.20. The molecule has 1 atom stereocenters. The van der Waals surface area contributed by atoms with E-state index in [0.29, 0.717) is 16.7 Å². The van der Waals surface area contributed by atoms with Crippen LogP contribution in [0.2, 0.25) is 0 Å². The van der Waals surface area contributed by atoms with E-state index in [4.69, 9.17) is 9.15 Å². The molecule has 0 aliphatic carbocycles. The summed E-state index contributed by atoms with van der Waals surface area (Å²) in [5.41, 5.74) is 2.05. The predicted octanol–water partition coefficient (Wildman–Crippen LogP) is 5.61. The van der Waals surface area contributed by atoms with Gasteiger partial charge in [0.25, 0.3) is 0 Å². The minimum atomic E-state index is -0.792. The molecule has 0 saturated carbocycles. The summed E-state index contributed by atoms with van der Waals surface area (Å²) in [6.45, 7) is 2.20. The van der Waals surface area contributed by atoms with Gasteiger partial charge in [-0.2, -0.15) is 4.98 Å². The maximum atomic E-state index is 11.0. The van der Waals surface area contributed by atoms with Gasteiger partial charge in [-0.25, -0.2) is 0 Å².